The van der Waals surface area contributed by atoms with Crippen LogP contribution in [0, 0.1) is 0 Å². The number of allylic oxidation sites excluding steroid dienone is 4. The van der Waals surface area contributed by atoms with Crippen LogP contribution in [-0.2, 0) is 0 Å². The van der Waals surface area contributed by atoms with Crippen LogP contribution in [0.25, 0.3) is 5.57 Å². The van der Waals surface area contributed by atoms with Gasteiger partial charge in [0.2, 0.25) is 0 Å². The van der Waals surface area contributed by atoms with E-state index in [-0.39, 0.29) is 3.23 Å². The average molecular weight is 374 g/mol. The van der Waals surface area contributed by atoms with Crippen molar-refractivity contribution in [2.45, 2.75) is 9.65 Å². The lowest BCUT2D eigenvalue weighted by atomic mass is 9.98. The van der Waals surface area contributed by atoms with Gasteiger partial charge in [-0.15, -0.1) is 0 Å². The van der Waals surface area contributed by atoms with Crippen LogP contribution < -0.4 is 9.47 Å². The van der Waals surface area contributed by atoms with Gasteiger partial charge in [0, 0.05) is 5.56 Å². The molecule has 0 aromatic heterocycles. The number of hydrogen-bond donors (Lipinski definition) is 0. The van der Waals surface area contributed by atoms with Gasteiger partial charge < -0.3 is 9.47 Å². The molecule has 18 heavy (non-hydrogen) atoms. The molecular formula is C14H14Br2O2. The molecule has 2 nitrogen and oxygen atoms in total. The molecule has 1 aromatic carbocycles. The van der Waals surface area contributed by atoms with Crippen LogP contribution in [0.2, 0.25) is 0 Å². The van der Waals surface area contributed by atoms with Crippen molar-refractivity contribution in [3.63, 3.8) is 0 Å². The molecule has 0 amide bonds. The topological polar surface area (TPSA) is 18.5 Å². The van der Waals surface area contributed by atoms with Gasteiger partial charge in [-0.2, -0.15) is 0 Å². The highest BCUT2D eigenvalue weighted by Gasteiger charge is 2.23. The minimum atomic E-state index is -0.182. The third-order valence-electron chi connectivity index (χ3n) is 2.77. The van der Waals surface area contributed by atoms with Crippen molar-refractivity contribution in [3.8, 4) is 11.5 Å². The van der Waals surface area contributed by atoms with E-state index >= 15 is 0 Å². The van der Waals surface area contributed by atoms with Gasteiger partial charge >= 0.3 is 0 Å². The highest BCUT2D eigenvalue weighted by Crippen LogP contribution is 2.42. The van der Waals surface area contributed by atoms with E-state index < -0.39 is 0 Å². The maximum atomic E-state index is 5.46. The summed E-state index contributed by atoms with van der Waals surface area (Å²) < 4.78 is 10.6. The van der Waals surface area contributed by atoms with Crippen LogP contribution >= 0.6 is 31.9 Å². The molecule has 0 saturated carbocycles. The van der Waals surface area contributed by atoms with E-state index in [1.54, 1.807) is 14.2 Å². The van der Waals surface area contributed by atoms with Crippen molar-refractivity contribution in [2.75, 3.05) is 14.2 Å². The molecule has 2 rings (SSSR count). The third kappa shape index (κ3) is 2.81. The number of hydrogen-bond acceptors (Lipinski definition) is 2. The molecule has 4 heteroatoms. The summed E-state index contributed by atoms with van der Waals surface area (Å²) in [6.45, 7) is 0. The predicted molar refractivity (Wildman–Crippen MR) is 81.9 cm³/mol. The number of rotatable bonds is 3. The Morgan fingerprint density at radius 2 is 1.94 bits per heavy atom. The zero-order chi connectivity index (χ0) is 13.2. The van der Waals surface area contributed by atoms with Gasteiger partial charge in [-0.05, 0) is 24.1 Å². The van der Waals surface area contributed by atoms with Crippen LogP contribution in [0.3, 0.4) is 0 Å². The van der Waals surface area contributed by atoms with Crippen molar-refractivity contribution < 1.29 is 9.47 Å². The molecule has 0 bridgehead atoms. The first-order valence-electron chi connectivity index (χ1n) is 5.56. The molecule has 0 radical (unpaired) electrons. The number of benzene rings is 1. The van der Waals surface area contributed by atoms with Crippen LogP contribution in [0.4, 0.5) is 0 Å². The summed E-state index contributed by atoms with van der Waals surface area (Å²) in [5.74, 6) is 1.50. The SMILES string of the molecule is COc1cccc(C2=CC(Br)(Br)CC=C2)c1OC. The lowest BCUT2D eigenvalue weighted by Crippen LogP contribution is -2.09. The second-order valence-corrected chi connectivity index (χ2v) is 7.90. The molecule has 0 atom stereocenters. The van der Waals surface area contributed by atoms with Crippen molar-refractivity contribution in [1.29, 1.82) is 0 Å². The van der Waals surface area contributed by atoms with Crippen LogP contribution in [0.5, 0.6) is 11.5 Å². The first-order valence-corrected chi connectivity index (χ1v) is 7.14. The minimum Gasteiger partial charge on any atom is -0.493 e. The molecule has 1 aromatic rings. The Kier molecular flexibility index (Phi) is 4.17. The van der Waals surface area contributed by atoms with Gasteiger partial charge in [0.25, 0.3) is 0 Å². The summed E-state index contributed by atoms with van der Waals surface area (Å²) in [5, 5.41) is 0. The minimum absolute atomic E-state index is 0.182. The maximum absolute atomic E-state index is 5.46. The van der Waals surface area contributed by atoms with Crippen molar-refractivity contribution in [1.82, 2.24) is 0 Å². The normalized spacial score (nSPS) is 17.2. The first-order chi connectivity index (χ1) is 8.57. The molecule has 96 valence electrons. The fourth-order valence-electron chi connectivity index (χ4n) is 1.96. The lowest BCUT2D eigenvalue weighted by molar-refractivity contribution is 0.354. The van der Waals surface area contributed by atoms with E-state index in [2.05, 4.69) is 50.1 Å². The Bertz CT molecular complexity index is 505. The molecule has 0 aliphatic heterocycles. The maximum Gasteiger partial charge on any atom is 0.168 e. The standard InChI is InChI=1S/C14H14Br2O2/c1-17-12-7-3-6-11(13(12)18-2)10-5-4-8-14(15,16)9-10/h3-7,9H,8H2,1-2H3. The van der Waals surface area contributed by atoms with Crippen LogP contribution in [0.1, 0.15) is 12.0 Å². The zero-order valence-corrected chi connectivity index (χ0v) is 13.4. The van der Waals surface area contributed by atoms with Crippen LogP contribution in [-0.4, -0.2) is 17.5 Å². The quantitative estimate of drug-likeness (QED) is 0.724. The lowest BCUT2D eigenvalue weighted by Gasteiger charge is -2.21. The van der Waals surface area contributed by atoms with E-state index in [9.17, 15) is 0 Å². The van der Waals surface area contributed by atoms with Crippen molar-refractivity contribution in [3.05, 3.63) is 42.0 Å². The molecule has 0 heterocycles. The van der Waals surface area contributed by atoms with Gasteiger partial charge in [0.1, 0.15) is 3.23 Å². The number of alkyl halides is 2. The van der Waals surface area contributed by atoms with E-state index in [0.29, 0.717) is 0 Å². The Hall–Kier alpha value is -0.740. The Morgan fingerprint density at radius 1 is 1.17 bits per heavy atom. The second kappa shape index (κ2) is 5.49. The highest BCUT2D eigenvalue weighted by atomic mass is 79.9. The Balaban J connectivity index is 2.51. The number of halogens is 2. The molecule has 1 aliphatic rings. The summed E-state index contributed by atoms with van der Waals surface area (Å²) in [4.78, 5) is 0. The van der Waals surface area contributed by atoms with Gasteiger partial charge in [-0.3, -0.25) is 0 Å². The monoisotopic (exact) mass is 372 g/mol. The molecule has 0 spiro atoms. The predicted octanol–water partition coefficient (Wildman–Crippen LogP) is 4.53. The molecule has 1 aliphatic carbocycles. The fraction of sp³-hybridized carbons (Fsp3) is 0.286. The van der Waals surface area contributed by atoms with Gasteiger partial charge in [-0.25, -0.2) is 0 Å². The number of ether oxygens (including phenoxy) is 2. The second-order valence-electron chi connectivity index (χ2n) is 4.01. The largest absolute Gasteiger partial charge is 0.493 e. The number of para-hydroxylation sites is 1. The van der Waals surface area contributed by atoms with Crippen molar-refractivity contribution >= 4 is 37.4 Å². The molecule has 0 fully saturated rings. The molecular weight excluding hydrogens is 360 g/mol. The molecule has 0 saturated heterocycles. The fourth-order valence-corrected chi connectivity index (χ4v) is 2.83. The zero-order valence-electron chi connectivity index (χ0n) is 10.2. The summed E-state index contributed by atoms with van der Waals surface area (Å²) >= 11 is 7.26. The molecule has 0 unspecified atom stereocenters. The van der Waals surface area contributed by atoms with Crippen molar-refractivity contribution in [2.24, 2.45) is 0 Å². The van der Waals surface area contributed by atoms with Gasteiger partial charge in [-0.1, -0.05) is 56.1 Å². The number of methoxy groups -OCH3 is 2. The average Bonchev–Trinajstić information content (AvgIpc) is 2.36. The summed E-state index contributed by atoms with van der Waals surface area (Å²) in [7, 11) is 3.30. The first kappa shape index (κ1) is 13.7. The van der Waals surface area contributed by atoms with E-state index in [1.807, 2.05) is 18.2 Å². The van der Waals surface area contributed by atoms with Gasteiger partial charge in [0.15, 0.2) is 11.5 Å². The van der Waals surface area contributed by atoms with Crippen LogP contribution in [0.15, 0.2) is 36.4 Å². The van der Waals surface area contributed by atoms with E-state index in [1.165, 1.54) is 0 Å². The smallest absolute Gasteiger partial charge is 0.168 e. The summed E-state index contributed by atoms with van der Waals surface area (Å²) in [5.41, 5.74) is 2.13. The van der Waals surface area contributed by atoms with Gasteiger partial charge in [0.05, 0.1) is 14.2 Å². The summed E-state index contributed by atoms with van der Waals surface area (Å²) in [6.07, 6.45) is 7.25. The third-order valence-corrected chi connectivity index (χ3v) is 3.87. The molecule has 0 N–H and O–H groups in total. The Morgan fingerprint density at radius 3 is 2.56 bits per heavy atom. The van der Waals surface area contributed by atoms with E-state index in [0.717, 1.165) is 29.1 Å². The highest BCUT2D eigenvalue weighted by molar-refractivity contribution is 9.25. The van der Waals surface area contributed by atoms with E-state index in [4.69, 9.17) is 9.47 Å². The Labute approximate surface area is 124 Å². The summed E-state index contributed by atoms with van der Waals surface area (Å²) in [6, 6.07) is 5.88.